The van der Waals surface area contributed by atoms with Crippen LogP contribution in [0.4, 0.5) is 12.9 Å². The molecule has 2 aromatic rings. The summed E-state index contributed by atoms with van der Waals surface area (Å²) >= 11 is 0. The topological polar surface area (TPSA) is 27.1 Å². The summed E-state index contributed by atoms with van der Waals surface area (Å²) in [4.78, 5) is 0. The summed E-state index contributed by atoms with van der Waals surface area (Å²) in [5.74, 6) is 0.405. The Balaban J connectivity index is 0.00000180. The Hall–Kier alpha value is -0.279. The van der Waals surface area contributed by atoms with E-state index >= 15 is 0 Å². The summed E-state index contributed by atoms with van der Waals surface area (Å²) in [6, 6.07) is 4.69. The largest absolute Gasteiger partial charge is 1.00 e. The Labute approximate surface area is 151 Å². The van der Waals surface area contributed by atoms with E-state index in [4.69, 9.17) is 4.74 Å². The Bertz CT molecular complexity index is 527. The van der Waals surface area contributed by atoms with Gasteiger partial charge in [0.25, 0.3) is 0 Å². The van der Waals surface area contributed by atoms with Crippen LogP contribution in [0.5, 0.6) is 5.75 Å². The molecule has 0 saturated carbocycles. The van der Waals surface area contributed by atoms with Crippen LogP contribution in [-0.4, -0.2) is 16.8 Å². The number of aryl methyl sites for hydroxylation is 1. The van der Waals surface area contributed by atoms with E-state index in [-0.39, 0.29) is 58.0 Å². The molecule has 8 heteroatoms. The first kappa shape index (κ1) is 16.8. The summed E-state index contributed by atoms with van der Waals surface area (Å²) in [6.07, 6.45) is 3.43. The molecule has 0 amide bonds. The van der Waals surface area contributed by atoms with Crippen LogP contribution in [0.15, 0.2) is 36.7 Å². The molecule has 0 aliphatic carbocycles. The quantitative estimate of drug-likeness (QED) is 0.681. The minimum Gasteiger partial charge on any atom is -0.489 e. The molecule has 0 atom stereocenters. The van der Waals surface area contributed by atoms with Crippen LogP contribution in [-0.2, 0) is 13.7 Å². The van der Waals surface area contributed by atoms with Gasteiger partial charge >= 0.3 is 58.4 Å². The van der Waals surface area contributed by atoms with Gasteiger partial charge < -0.3 is 17.7 Å². The van der Waals surface area contributed by atoms with E-state index in [0.717, 1.165) is 17.7 Å². The Morgan fingerprint density at radius 2 is 1.84 bits per heavy atom. The summed E-state index contributed by atoms with van der Waals surface area (Å²) in [6.45, 7) is -4.66. The maximum absolute atomic E-state index is 12.4. The van der Waals surface area contributed by atoms with Crippen molar-refractivity contribution in [1.29, 1.82) is 0 Å². The van der Waals surface area contributed by atoms with Crippen LogP contribution in [0.2, 0.25) is 0 Å². The minimum absolute atomic E-state index is 0. The first-order chi connectivity index (χ1) is 8.45. The number of hydrogen-bond acceptors (Lipinski definition) is 2. The molecule has 2 rings (SSSR count). The Morgan fingerprint density at radius 1 is 1.21 bits per heavy atom. The second-order valence-corrected chi connectivity index (χ2v) is 3.95. The van der Waals surface area contributed by atoms with Gasteiger partial charge in [-0.1, -0.05) is 12.1 Å². The molecule has 0 aliphatic rings. The normalized spacial score (nSPS) is 10.9. The van der Waals surface area contributed by atoms with Crippen LogP contribution >= 0.6 is 0 Å². The van der Waals surface area contributed by atoms with Gasteiger partial charge in [-0.15, -0.1) is 5.46 Å². The van der Waals surface area contributed by atoms with Crippen molar-refractivity contribution in [2.75, 3.05) is 0 Å². The fraction of sp³-hybridized carbons (Fsp3) is 0.182. The summed E-state index contributed by atoms with van der Waals surface area (Å²) < 4.78 is 44.1. The zero-order valence-corrected chi connectivity index (χ0v) is 13.8. The average molecular weight is 294 g/mol. The van der Waals surface area contributed by atoms with Crippen LogP contribution in [0, 0.1) is 0 Å². The molecule has 0 bridgehead atoms. The number of aromatic nitrogens is 2. The summed E-state index contributed by atoms with van der Waals surface area (Å²) in [7, 11) is 1.78. The van der Waals surface area contributed by atoms with Gasteiger partial charge in [0.15, 0.2) is 0 Å². The molecule has 1 aromatic heterocycles. The molecule has 0 N–H and O–H groups in total. The molecule has 0 spiro atoms. The second-order valence-electron chi connectivity index (χ2n) is 3.95. The number of benzene rings is 1. The number of nitrogens with zero attached hydrogens (tertiary/aromatic N) is 2. The summed E-state index contributed by atoms with van der Waals surface area (Å²) in [5.41, 5.74) is 0.241. The van der Waals surface area contributed by atoms with E-state index in [9.17, 15) is 12.9 Å². The minimum atomic E-state index is -4.94. The molecule has 96 valence electrons. The fourth-order valence-electron chi connectivity index (χ4n) is 1.50. The molecule has 1 heterocycles. The molecule has 0 saturated heterocycles. The zero-order valence-electron chi connectivity index (χ0n) is 10.7. The fourth-order valence-corrected chi connectivity index (χ4v) is 1.50. The van der Waals surface area contributed by atoms with Crippen molar-refractivity contribution < 1.29 is 69.1 Å². The van der Waals surface area contributed by atoms with Crippen molar-refractivity contribution in [3.05, 3.63) is 42.2 Å². The van der Waals surface area contributed by atoms with Crippen molar-refractivity contribution in [3.8, 4) is 5.75 Å². The Kier molecular flexibility index (Phi) is 6.13. The van der Waals surface area contributed by atoms with E-state index in [0.29, 0.717) is 5.75 Å². The van der Waals surface area contributed by atoms with Gasteiger partial charge in [0.05, 0.1) is 6.20 Å². The first-order valence-corrected chi connectivity index (χ1v) is 5.35. The molecular weight excluding hydrogens is 283 g/mol. The molecule has 0 unspecified atom stereocenters. The maximum Gasteiger partial charge on any atom is 1.00 e. The van der Waals surface area contributed by atoms with Gasteiger partial charge in [-0.25, -0.2) is 0 Å². The van der Waals surface area contributed by atoms with Gasteiger partial charge in [0, 0.05) is 18.8 Å². The second kappa shape index (κ2) is 6.94. The van der Waals surface area contributed by atoms with Crippen molar-refractivity contribution in [2.45, 2.75) is 6.61 Å². The monoisotopic (exact) mass is 294 g/mol. The molecule has 0 fully saturated rings. The van der Waals surface area contributed by atoms with Crippen molar-refractivity contribution in [3.63, 3.8) is 0 Å². The van der Waals surface area contributed by atoms with Crippen molar-refractivity contribution >= 4 is 12.4 Å². The Morgan fingerprint density at radius 3 is 2.32 bits per heavy atom. The third-order valence-electron chi connectivity index (χ3n) is 2.42. The van der Waals surface area contributed by atoms with E-state index in [1.54, 1.807) is 24.1 Å². The number of hydrogen-bond donors (Lipinski definition) is 0. The molecule has 0 radical (unpaired) electrons. The number of rotatable bonds is 4. The third-order valence-corrected chi connectivity index (χ3v) is 2.42. The van der Waals surface area contributed by atoms with Crippen molar-refractivity contribution in [2.24, 2.45) is 7.05 Å². The van der Waals surface area contributed by atoms with Gasteiger partial charge in [-0.3, -0.25) is 4.68 Å². The zero-order chi connectivity index (χ0) is 13.2. The van der Waals surface area contributed by atoms with Gasteiger partial charge in [-0.05, 0) is 12.1 Å². The van der Waals surface area contributed by atoms with Gasteiger partial charge in [0.2, 0.25) is 0 Å². The van der Waals surface area contributed by atoms with E-state index in [2.05, 4.69) is 5.10 Å². The number of ether oxygens (including phenoxy) is 1. The molecular formula is C11H11BF3KN2O. The standard InChI is InChI=1S/C11H11BF3N2O.K/c1-17-7-9(6-16-17)8-18-11-4-2-10(3-5-11)12(13,14)15;/h2-7H,8H2,1H3;/q-1;+1. The van der Waals surface area contributed by atoms with E-state index in [1.165, 1.54) is 12.1 Å². The predicted octanol–water partition coefficient (Wildman–Crippen LogP) is -0.943. The van der Waals surface area contributed by atoms with E-state index in [1.807, 2.05) is 0 Å². The number of halogens is 3. The van der Waals surface area contributed by atoms with Crippen LogP contribution in [0.3, 0.4) is 0 Å². The maximum atomic E-state index is 12.4. The average Bonchev–Trinajstić information content (AvgIpc) is 2.72. The summed E-state index contributed by atoms with van der Waals surface area (Å²) in [5, 5.41) is 3.97. The molecule has 3 nitrogen and oxygen atoms in total. The smallest absolute Gasteiger partial charge is 0.489 e. The van der Waals surface area contributed by atoms with Gasteiger partial charge in [0.1, 0.15) is 12.4 Å². The van der Waals surface area contributed by atoms with Crippen LogP contribution in [0.1, 0.15) is 5.56 Å². The third kappa shape index (κ3) is 4.96. The van der Waals surface area contributed by atoms with E-state index < -0.39 is 12.4 Å². The molecule has 19 heavy (non-hydrogen) atoms. The molecule has 0 aliphatic heterocycles. The predicted molar refractivity (Wildman–Crippen MR) is 62.7 cm³/mol. The SMILES string of the molecule is Cn1cc(COc2ccc([B-](F)(F)F)cc2)cn1.[K+]. The van der Waals surface area contributed by atoms with Crippen LogP contribution < -0.4 is 61.6 Å². The first-order valence-electron chi connectivity index (χ1n) is 5.35. The van der Waals surface area contributed by atoms with Crippen LogP contribution in [0.25, 0.3) is 0 Å². The van der Waals surface area contributed by atoms with Crippen molar-refractivity contribution in [1.82, 2.24) is 9.78 Å². The molecule has 1 aromatic carbocycles. The van der Waals surface area contributed by atoms with Gasteiger partial charge in [-0.2, -0.15) is 5.10 Å².